The van der Waals surface area contributed by atoms with E-state index in [9.17, 15) is 0 Å². The second kappa shape index (κ2) is 6.84. The van der Waals surface area contributed by atoms with Crippen LogP contribution in [0.15, 0.2) is 12.3 Å². The Labute approximate surface area is 128 Å². The second-order valence-corrected chi connectivity index (χ2v) is 7.06. The van der Waals surface area contributed by atoms with E-state index in [0.29, 0.717) is 11.3 Å². The van der Waals surface area contributed by atoms with E-state index in [1.807, 2.05) is 12.3 Å². The maximum atomic E-state index is 5.28. The van der Waals surface area contributed by atoms with Crippen LogP contribution in [0.4, 0.5) is 0 Å². The van der Waals surface area contributed by atoms with Crippen LogP contribution >= 0.6 is 0 Å². The number of methoxy groups -OCH3 is 2. The number of ether oxygens (including phenoxy) is 2. The zero-order valence-electron chi connectivity index (χ0n) is 13.9. The summed E-state index contributed by atoms with van der Waals surface area (Å²) in [5, 5.41) is 0. The van der Waals surface area contributed by atoms with E-state index < -0.39 is 6.29 Å². The first-order valence-corrected chi connectivity index (χ1v) is 7.84. The van der Waals surface area contributed by atoms with Crippen molar-refractivity contribution in [3.05, 3.63) is 23.8 Å². The highest BCUT2D eigenvalue weighted by molar-refractivity contribution is 5.08. The Bertz CT molecular complexity index is 444. The van der Waals surface area contributed by atoms with Gasteiger partial charge in [-0.05, 0) is 43.1 Å². The lowest BCUT2D eigenvalue weighted by Gasteiger charge is -2.36. The van der Waals surface area contributed by atoms with Gasteiger partial charge in [0.2, 0.25) is 6.29 Å². The second-order valence-electron chi connectivity index (χ2n) is 7.06. The number of nitrogens with zero attached hydrogens (tertiary/aromatic N) is 2. The molecule has 118 valence electrons. The summed E-state index contributed by atoms with van der Waals surface area (Å²) in [4.78, 5) is 9.14. The van der Waals surface area contributed by atoms with Gasteiger partial charge in [-0.25, -0.2) is 9.97 Å². The molecule has 0 aliphatic heterocycles. The molecular formula is C17H28N2O2. The molecule has 21 heavy (non-hydrogen) atoms. The van der Waals surface area contributed by atoms with Gasteiger partial charge in [0.1, 0.15) is 5.82 Å². The number of hydrogen-bond acceptors (Lipinski definition) is 4. The van der Waals surface area contributed by atoms with Gasteiger partial charge in [0, 0.05) is 26.3 Å². The molecule has 1 aromatic heterocycles. The van der Waals surface area contributed by atoms with E-state index in [1.54, 1.807) is 14.2 Å². The summed E-state index contributed by atoms with van der Waals surface area (Å²) < 4.78 is 10.6. The normalized spacial score (nSPS) is 23.5. The first kappa shape index (κ1) is 16.4. The Kier molecular flexibility index (Phi) is 5.33. The average molecular weight is 292 g/mol. The van der Waals surface area contributed by atoms with Crippen LogP contribution in [0.1, 0.15) is 70.2 Å². The Morgan fingerprint density at radius 3 is 2.24 bits per heavy atom. The molecule has 0 N–H and O–H groups in total. The van der Waals surface area contributed by atoms with Gasteiger partial charge >= 0.3 is 0 Å². The van der Waals surface area contributed by atoms with E-state index in [4.69, 9.17) is 9.47 Å². The van der Waals surface area contributed by atoms with E-state index in [1.165, 1.54) is 25.7 Å². The largest absolute Gasteiger partial charge is 0.350 e. The summed E-state index contributed by atoms with van der Waals surface area (Å²) in [6, 6.07) is 1.86. The molecule has 1 aliphatic rings. The van der Waals surface area contributed by atoms with E-state index in [0.717, 1.165) is 17.4 Å². The molecule has 0 unspecified atom stereocenters. The third-order valence-electron chi connectivity index (χ3n) is 4.68. The van der Waals surface area contributed by atoms with Crippen molar-refractivity contribution in [2.45, 2.75) is 58.7 Å². The van der Waals surface area contributed by atoms with E-state index >= 15 is 0 Å². The maximum absolute atomic E-state index is 5.28. The molecule has 0 bridgehead atoms. The Hall–Kier alpha value is -1.00. The van der Waals surface area contributed by atoms with Crippen LogP contribution in [0.25, 0.3) is 0 Å². The van der Waals surface area contributed by atoms with Crippen molar-refractivity contribution >= 4 is 0 Å². The van der Waals surface area contributed by atoms with Crippen LogP contribution in [0.3, 0.4) is 0 Å². The number of aromatic nitrogens is 2. The summed E-state index contributed by atoms with van der Waals surface area (Å²) in [6.07, 6.45) is 6.29. The molecule has 0 atom stereocenters. The monoisotopic (exact) mass is 292 g/mol. The van der Waals surface area contributed by atoms with Crippen molar-refractivity contribution in [1.82, 2.24) is 9.97 Å². The van der Waals surface area contributed by atoms with Crippen molar-refractivity contribution in [1.29, 1.82) is 0 Å². The van der Waals surface area contributed by atoms with Gasteiger partial charge in [0.15, 0.2) is 0 Å². The first-order chi connectivity index (χ1) is 9.95. The van der Waals surface area contributed by atoms with Gasteiger partial charge in [-0.1, -0.05) is 20.8 Å². The van der Waals surface area contributed by atoms with Gasteiger partial charge in [0.25, 0.3) is 0 Å². The predicted octanol–water partition coefficient (Wildman–Crippen LogP) is 4.09. The van der Waals surface area contributed by atoms with Gasteiger partial charge < -0.3 is 9.47 Å². The quantitative estimate of drug-likeness (QED) is 0.784. The summed E-state index contributed by atoms with van der Waals surface area (Å²) in [6.45, 7) is 7.03. The summed E-state index contributed by atoms with van der Waals surface area (Å²) in [7, 11) is 3.26. The number of hydrogen-bond donors (Lipinski definition) is 0. The van der Waals surface area contributed by atoms with Gasteiger partial charge in [0.05, 0.1) is 5.69 Å². The lowest BCUT2D eigenvalue weighted by atomic mass is 9.69. The van der Waals surface area contributed by atoms with Crippen LogP contribution in [0.5, 0.6) is 0 Å². The van der Waals surface area contributed by atoms with Gasteiger partial charge in [-0.15, -0.1) is 0 Å². The SMILES string of the molecule is COC(OC)c1ccnc(C2CCC(C(C)(C)C)CC2)n1. The molecule has 0 spiro atoms. The van der Waals surface area contributed by atoms with Crippen molar-refractivity contribution in [2.24, 2.45) is 11.3 Å². The van der Waals surface area contributed by atoms with Crippen LogP contribution < -0.4 is 0 Å². The molecule has 1 aliphatic carbocycles. The fourth-order valence-corrected chi connectivity index (χ4v) is 3.27. The Morgan fingerprint density at radius 2 is 1.71 bits per heavy atom. The Balaban J connectivity index is 2.05. The molecule has 2 rings (SSSR count). The molecular weight excluding hydrogens is 264 g/mol. The van der Waals surface area contributed by atoms with E-state index in [-0.39, 0.29) is 0 Å². The molecule has 4 nitrogen and oxygen atoms in total. The lowest BCUT2D eigenvalue weighted by molar-refractivity contribution is -0.108. The molecule has 1 saturated carbocycles. The van der Waals surface area contributed by atoms with Crippen molar-refractivity contribution in [3.63, 3.8) is 0 Å². The van der Waals surface area contributed by atoms with Crippen LogP contribution in [-0.2, 0) is 9.47 Å². The standard InChI is InChI=1S/C17H28N2O2/c1-17(2,3)13-8-6-12(7-9-13)15-18-11-10-14(19-15)16(20-4)21-5/h10-13,16H,6-9H2,1-5H3. The van der Waals surface area contributed by atoms with Crippen molar-refractivity contribution < 1.29 is 9.47 Å². The van der Waals surface area contributed by atoms with Gasteiger partial charge in [-0.3, -0.25) is 0 Å². The lowest BCUT2D eigenvalue weighted by Crippen LogP contribution is -2.26. The highest BCUT2D eigenvalue weighted by atomic mass is 16.7. The molecule has 1 heterocycles. The summed E-state index contributed by atoms with van der Waals surface area (Å²) in [5.41, 5.74) is 1.22. The smallest absolute Gasteiger partial charge is 0.200 e. The van der Waals surface area contributed by atoms with E-state index in [2.05, 4.69) is 30.7 Å². The minimum absolute atomic E-state index is 0.405. The van der Waals surface area contributed by atoms with Crippen LogP contribution in [0, 0.1) is 11.3 Å². The minimum atomic E-state index is -0.405. The highest BCUT2D eigenvalue weighted by Crippen LogP contribution is 2.42. The van der Waals surface area contributed by atoms with Crippen molar-refractivity contribution in [3.8, 4) is 0 Å². The van der Waals surface area contributed by atoms with Gasteiger partial charge in [-0.2, -0.15) is 0 Å². The third-order valence-corrected chi connectivity index (χ3v) is 4.68. The molecule has 1 fully saturated rings. The van der Waals surface area contributed by atoms with Crippen LogP contribution in [-0.4, -0.2) is 24.2 Å². The van der Waals surface area contributed by atoms with Crippen molar-refractivity contribution in [2.75, 3.05) is 14.2 Å². The summed E-state index contributed by atoms with van der Waals surface area (Å²) >= 11 is 0. The molecule has 0 radical (unpaired) electrons. The highest BCUT2D eigenvalue weighted by Gasteiger charge is 2.31. The molecule has 0 saturated heterocycles. The molecule has 1 aromatic rings. The maximum Gasteiger partial charge on any atom is 0.200 e. The molecule has 0 aromatic carbocycles. The zero-order chi connectivity index (χ0) is 15.5. The first-order valence-electron chi connectivity index (χ1n) is 7.84. The summed E-state index contributed by atoms with van der Waals surface area (Å²) in [5.74, 6) is 2.22. The fraction of sp³-hybridized carbons (Fsp3) is 0.765. The average Bonchev–Trinajstić information content (AvgIpc) is 2.48. The predicted molar refractivity (Wildman–Crippen MR) is 82.9 cm³/mol. The molecule has 4 heteroatoms. The van der Waals surface area contributed by atoms with Crippen LogP contribution in [0.2, 0.25) is 0 Å². The third kappa shape index (κ3) is 4.01. The Morgan fingerprint density at radius 1 is 1.10 bits per heavy atom. The minimum Gasteiger partial charge on any atom is -0.350 e. The zero-order valence-corrected chi connectivity index (χ0v) is 13.9. The molecule has 0 amide bonds. The fourth-order valence-electron chi connectivity index (χ4n) is 3.27. The number of rotatable bonds is 4. The topological polar surface area (TPSA) is 44.2 Å².